The molecular weight excluding hydrogens is 354 g/mol. The van der Waals surface area contributed by atoms with Crippen molar-refractivity contribution in [3.05, 3.63) is 0 Å². The molecule has 26 heavy (non-hydrogen) atoms. The summed E-state index contributed by atoms with van der Waals surface area (Å²) in [6, 6.07) is 0. The van der Waals surface area contributed by atoms with E-state index in [-0.39, 0.29) is 23.1 Å². The standard InChI is InChI=1S/C18H29N3O4S/c1-3-19-11-8-18(16(19)23)13-21(26(2,24)25)12-17(18)6-9-20(10-7-17)15(22)14-4-5-14/h14H,3-13H2,1-2H3. The van der Waals surface area contributed by atoms with Gasteiger partial charge in [-0.25, -0.2) is 12.7 Å². The molecule has 146 valence electrons. The van der Waals surface area contributed by atoms with Crippen molar-refractivity contribution in [2.24, 2.45) is 16.7 Å². The second-order valence-corrected chi connectivity index (χ2v) is 10.6. The number of nitrogens with zero attached hydrogens (tertiary/aromatic N) is 3. The molecule has 1 aliphatic carbocycles. The molecule has 2 amide bonds. The first-order valence-electron chi connectivity index (χ1n) is 9.76. The lowest BCUT2D eigenvalue weighted by Crippen LogP contribution is -2.53. The Hall–Kier alpha value is -1.15. The minimum absolute atomic E-state index is 0.119. The first-order chi connectivity index (χ1) is 12.2. The topological polar surface area (TPSA) is 78.0 Å². The highest BCUT2D eigenvalue weighted by atomic mass is 32.2. The van der Waals surface area contributed by atoms with Crippen LogP contribution in [-0.2, 0) is 19.6 Å². The maximum atomic E-state index is 13.3. The van der Waals surface area contributed by atoms with E-state index in [0.717, 1.165) is 32.1 Å². The van der Waals surface area contributed by atoms with Gasteiger partial charge in [0.05, 0.1) is 11.7 Å². The molecule has 8 heteroatoms. The van der Waals surface area contributed by atoms with Crippen molar-refractivity contribution in [1.82, 2.24) is 14.1 Å². The van der Waals surface area contributed by atoms with Gasteiger partial charge in [0.25, 0.3) is 0 Å². The molecule has 3 saturated heterocycles. The van der Waals surface area contributed by atoms with Crippen LogP contribution in [0.4, 0.5) is 0 Å². The Morgan fingerprint density at radius 1 is 1.12 bits per heavy atom. The van der Waals surface area contributed by atoms with Gasteiger partial charge in [0.1, 0.15) is 0 Å². The number of carbonyl (C=O) groups excluding carboxylic acids is 2. The molecule has 0 radical (unpaired) electrons. The van der Waals surface area contributed by atoms with Crippen molar-refractivity contribution in [3.8, 4) is 0 Å². The minimum atomic E-state index is -3.34. The van der Waals surface area contributed by atoms with Gasteiger partial charge in [0.2, 0.25) is 21.8 Å². The molecular formula is C18H29N3O4S. The van der Waals surface area contributed by atoms with Crippen molar-refractivity contribution in [2.45, 2.75) is 39.0 Å². The van der Waals surface area contributed by atoms with Crippen molar-refractivity contribution in [1.29, 1.82) is 0 Å². The monoisotopic (exact) mass is 383 g/mol. The Kier molecular flexibility index (Phi) is 4.15. The molecule has 1 unspecified atom stereocenters. The van der Waals surface area contributed by atoms with Gasteiger partial charge in [-0.1, -0.05) is 0 Å². The summed E-state index contributed by atoms with van der Waals surface area (Å²) in [5, 5.41) is 0. The summed E-state index contributed by atoms with van der Waals surface area (Å²) >= 11 is 0. The summed E-state index contributed by atoms with van der Waals surface area (Å²) < 4.78 is 26.0. The second-order valence-electron chi connectivity index (χ2n) is 8.63. The average molecular weight is 384 g/mol. The Labute approximate surface area is 155 Å². The largest absolute Gasteiger partial charge is 0.342 e. The highest BCUT2D eigenvalue weighted by Gasteiger charge is 2.66. The number of hydrogen-bond donors (Lipinski definition) is 0. The maximum Gasteiger partial charge on any atom is 0.230 e. The van der Waals surface area contributed by atoms with Gasteiger partial charge in [0, 0.05) is 50.6 Å². The lowest BCUT2D eigenvalue weighted by Gasteiger charge is -2.47. The van der Waals surface area contributed by atoms with Crippen LogP contribution in [0.3, 0.4) is 0 Å². The zero-order chi connectivity index (χ0) is 18.7. The molecule has 0 N–H and O–H groups in total. The fraction of sp³-hybridized carbons (Fsp3) is 0.889. The van der Waals surface area contributed by atoms with Crippen molar-refractivity contribution >= 4 is 21.8 Å². The zero-order valence-electron chi connectivity index (χ0n) is 15.7. The quantitative estimate of drug-likeness (QED) is 0.712. The predicted octanol–water partition coefficient (Wildman–Crippen LogP) is 0.519. The fourth-order valence-corrected chi connectivity index (χ4v) is 6.34. The Bertz CT molecular complexity index is 725. The molecule has 4 rings (SSSR count). The highest BCUT2D eigenvalue weighted by Crippen LogP contribution is 2.58. The van der Waals surface area contributed by atoms with E-state index in [1.807, 2.05) is 16.7 Å². The lowest BCUT2D eigenvalue weighted by atomic mass is 9.60. The van der Waals surface area contributed by atoms with E-state index < -0.39 is 15.4 Å². The maximum absolute atomic E-state index is 13.3. The minimum Gasteiger partial charge on any atom is -0.342 e. The summed E-state index contributed by atoms with van der Waals surface area (Å²) in [6.45, 7) is 5.37. The van der Waals surface area contributed by atoms with E-state index >= 15 is 0 Å². The SMILES string of the molecule is CCN1CCC2(CN(S(C)(=O)=O)CC23CCN(C(=O)C2CC2)CC3)C1=O. The summed E-state index contributed by atoms with van der Waals surface area (Å²) in [5.41, 5.74) is -0.946. The van der Waals surface area contributed by atoms with Crippen LogP contribution in [0.5, 0.6) is 0 Å². The number of sulfonamides is 1. The number of hydrogen-bond acceptors (Lipinski definition) is 4. The van der Waals surface area contributed by atoms with Gasteiger partial charge < -0.3 is 9.80 Å². The molecule has 1 atom stereocenters. The van der Waals surface area contributed by atoms with Gasteiger partial charge >= 0.3 is 0 Å². The van der Waals surface area contributed by atoms with E-state index in [9.17, 15) is 18.0 Å². The van der Waals surface area contributed by atoms with Crippen LogP contribution in [0.25, 0.3) is 0 Å². The van der Waals surface area contributed by atoms with E-state index in [4.69, 9.17) is 0 Å². The second kappa shape index (κ2) is 5.92. The van der Waals surface area contributed by atoms with Crippen LogP contribution in [0.15, 0.2) is 0 Å². The van der Waals surface area contributed by atoms with Crippen LogP contribution >= 0.6 is 0 Å². The molecule has 0 bridgehead atoms. The number of carbonyl (C=O) groups is 2. The highest BCUT2D eigenvalue weighted by molar-refractivity contribution is 7.88. The first kappa shape index (κ1) is 18.2. The molecule has 4 aliphatic rings. The first-order valence-corrected chi connectivity index (χ1v) is 11.6. The van der Waals surface area contributed by atoms with E-state index in [1.54, 1.807) is 0 Å². The van der Waals surface area contributed by atoms with Crippen LogP contribution in [0, 0.1) is 16.7 Å². The Morgan fingerprint density at radius 3 is 2.27 bits per heavy atom. The molecule has 3 aliphatic heterocycles. The molecule has 7 nitrogen and oxygen atoms in total. The van der Waals surface area contributed by atoms with Crippen LogP contribution in [0.1, 0.15) is 39.0 Å². The number of amides is 2. The molecule has 3 heterocycles. The number of piperidine rings is 1. The third-order valence-corrected chi connectivity index (χ3v) is 8.45. The van der Waals surface area contributed by atoms with Crippen LogP contribution < -0.4 is 0 Å². The van der Waals surface area contributed by atoms with Crippen molar-refractivity contribution in [3.63, 3.8) is 0 Å². The number of fused-ring (bicyclic) bond motifs is 1. The van der Waals surface area contributed by atoms with Crippen LogP contribution in [-0.4, -0.2) is 79.9 Å². The summed E-state index contributed by atoms with van der Waals surface area (Å²) in [5.74, 6) is 0.575. The van der Waals surface area contributed by atoms with Gasteiger partial charge in [-0.3, -0.25) is 9.59 Å². The van der Waals surface area contributed by atoms with Gasteiger partial charge in [0.15, 0.2) is 0 Å². The summed E-state index contributed by atoms with van der Waals surface area (Å²) in [6.07, 6.45) is 5.40. The Balaban J connectivity index is 1.62. The third-order valence-electron chi connectivity index (χ3n) is 7.26. The molecule has 2 spiro atoms. The van der Waals surface area contributed by atoms with Crippen molar-refractivity contribution in [2.75, 3.05) is 45.5 Å². The third kappa shape index (κ3) is 2.59. The van der Waals surface area contributed by atoms with Gasteiger partial charge in [-0.15, -0.1) is 0 Å². The van der Waals surface area contributed by atoms with Gasteiger partial charge in [-0.05, 0) is 39.0 Å². The molecule has 0 aromatic carbocycles. The molecule has 1 saturated carbocycles. The average Bonchev–Trinajstić information content (AvgIpc) is 3.33. The van der Waals surface area contributed by atoms with E-state index in [0.29, 0.717) is 39.3 Å². The lowest BCUT2D eigenvalue weighted by molar-refractivity contribution is -0.144. The smallest absolute Gasteiger partial charge is 0.230 e. The summed E-state index contributed by atoms with van der Waals surface area (Å²) in [4.78, 5) is 29.5. The van der Waals surface area contributed by atoms with E-state index in [1.165, 1.54) is 10.6 Å². The van der Waals surface area contributed by atoms with Crippen molar-refractivity contribution < 1.29 is 18.0 Å². The van der Waals surface area contributed by atoms with Gasteiger partial charge in [-0.2, -0.15) is 0 Å². The molecule has 4 fully saturated rings. The van der Waals surface area contributed by atoms with Crippen LogP contribution in [0.2, 0.25) is 0 Å². The zero-order valence-corrected chi connectivity index (χ0v) is 16.6. The number of likely N-dealkylation sites (tertiary alicyclic amines) is 2. The molecule has 0 aromatic heterocycles. The predicted molar refractivity (Wildman–Crippen MR) is 96.7 cm³/mol. The summed E-state index contributed by atoms with van der Waals surface area (Å²) in [7, 11) is -3.34. The fourth-order valence-electron chi connectivity index (χ4n) is 5.41. The Morgan fingerprint density at radius 2 is 1.77 bits per heavy atom. The number of rotatable bonds is 3. The normalized spacial score (nSPS) is 32.2. The van der Waals surface area contributed by atoms with E-state index in [2.05, 4.69) is 0 Å². The molecule has 0 aromatic rings.